The van der Waals surface area contributed by atoms with Crippen LogP contribution in [0.5, 0.6) is 5.75 Å². The Balaban J connectivity index is 1.65. The number of likely N-dealkylation sites (N-methyl/N-ethyl adjacent to an activating group) is 1. The van der Waals surface area contributed by atoms with Crippen molar-refractivity contribution in [2.75, 3.05) is 20.2 Å². The second-order valence-corrected chi connectivity index (χ2v) is 8.58. The SMILES string of the molecule is CCOc1ccccc1C=NNC(=O)CN(C)S(=O)(=O)c1ccc2ccccc2c1. The average Bonchev–Trinajstić information content (AvgIpc) is 2.74. The van der Waals surface area contributed by atoms with E-state index >= 15 is 0 Å². The van der Waals surface area contributed by atoms with Crippen molar-refractivity contribution >= 4 is 32.9 Å². The highest BCUT2D eigenvalue weighted by atomic mass is 32.2. The Kier molecular flexibility index (Phi) is 6.81. The van der Waals surface area contributed by atoms with Gasteiger partial charge in [0.15, 0.2) is 0 Å². The quantitative estimate of drug-likeness (QED) is 0.444. The Labute approximate surface area is 176 Å². The molecule has 3 aromatic rings. The molecule has 0 fully saturated rings. The van der Waals surface area contributed by atoms with Gasteiger partial charge in [-0.15, -0.1) is 0 Å². The molecular formula is C22H23N3O4S. The Morgan fingerprint density at radius 1 is 1.07 bits per heavy atom. The molecule has 3 rings (SSSR count). The number of benzene rings is 3. The Hall–Kier alpha value is -3.23. The molecule has 0 unspecified atom stereocenters. The highest BCUT2D eigenvalue weighted by Gasteiger charge is 2.23. The minimum absolute atomic E-state index is 0.130. The number of hydrazone groups is 1. The lowest BCUT2D eigenvalue weighted by atomic mass is 10.1. The summed E-state index contributed by atoms with van der Waals surface area (Å²) in [6, 6.07) is 19.6. The fourth-order valence-corrected chi connectivity index (χ4v) is 4.04. The van der Waals surface area contributed by atoms with E-state index in [0.717, 1.165) is 15.1 Å². The molecular weight excluding hydrogens is 402 g/mol. The summed E-state index contributed by atoms with van der Waals surface area (Å²) in [6.07, 6.45) is 1.46. The van der Waals surface area contributed by atoms with Crippen LogP contribution in [0.3, 0.4) is 0 Å². The molecule has 0 aliphatic heterocycles. The van der Waals surface area contributed by atoms with Crippen LogP contribution in [0.1, 0.15) is 12.5 Å². The normalized spacial score (nSPS) is 11.8. The molecule has 8 heteroatoms. The number of rotatable bonds is 8. The predicted molar refractivity (Wildman–Crippen MR) is 117 cm³/mol. The largest absolute Gasteiger partial charge is 0.493 e. The lowest BCUT2D eigenvalue weighted by Crippen LogP contribution is -2.36. The number of nitrogens with zero attached hydrogens (tertiary/aromatic N) is 2. The van der Waals surface area contributed by atoms with Gasteiger partial charge >= 0.3 is 0 Å². The maximum absolute atomic E-state index is 12.8. The van der Waals surface area contributed by atoms with Gasteiger partial charge in [-0.05, 0) is 42.0 Å². The predicted octanol–water partition coefficient (Wildman–Crippen LogP) is 3.01. The minimum Gasteiger partial charge on any atom is -0.493 e. The summed E-state index contributed by atoms with van der Waals surface area (Å²) in [6.45, 7) is 2.02. The van der Waals surface area contributed by atoms with Crippen molar-refractivity contribution in [1.82, 2.24) is 9.73 Å². The maximum Gasteiger partial charge on any atom is 0.255 e. The molecule has 156 valence electrons. The third kappa shape index (κ3) is 5.03. The van der Waals surface area contributed by atoms with E-state index in [4.69, 9.17) is 4.74 Å². The van der Waals surface area contributed by atoms with Gasteiger partial charge < -0.3 is 4.74 Å². The highest BCUT2D eigenvalue weighted by Crippen LogP contribution is 2.21. The standard InChI is InChI=1S/C22H23N3O4S/c1-3-29-21-11-7-6-10-19(21)15-23-24-22(26)16-25(2)30(27,28)20-13-12-17-8-4-5-9-18(17)14-20/h4-15H,3,16H2,1-2H3,(H,24,26). The van der Waals surface area contributed by atoms with Crippen LogP contribution < -0.4 is 10.2 Å². The molecule has 1 N–H and O–H groups in total. The van der Waals surface area contributed by atoms with E-state index in [1.54, 1.807) is 24.3 Å². The van der Waals surface area contributed by atoms with Crippen LogP contribution >= 0.6 is 0 Å². The maximum atomic E-state index is 12.8. The number of carbonyl (C=O) groups excluding carboxylic acids is 1. The van der Waals surface area contributed by atoms with Gasteiger partial charge in [-0.3, -0.25) is 4.79 Å². The summed E-state index contributed by atoms with van der Waals surface area (Å²) in [7, 11) is -2.46. The van der Waals surface area contributed by atoms with Crippen LogP contribution in [-0.4, -0.2) is 45.0 Å². The summed E-state index contributed by atoms with van der Waals surface area (Å²) < 4.78 is 32.1. The van der Waals surface area contributed by atoms with E-state index in [9.17, 15) is 13.2 Å². The first kappa shape index (κ1) is 21.5. The summed E-state index contributed by atoms with van der Waals surface area (Å²) >= 11 is 0. The second kappa shape index (κ2) is 9.51. The van der Waals surface area contributed by atoms with Gasteiger partial charge in [-0.25, -0.2) is 13.8 Å². The van der Waals surface area contributed by atoms with Gasteiger partial charge in [-0.1, -0.05) is 42.5 Å². The number of para-hydroxylation sites is 1. The number of fused-ring (bicyclic) bond motifs is 1. The van der Waals surface area contributed by atoms with Crippen LogP contribution in [0.25, 0.3) is 10.8 Å². The number of nitrogens with one attached hydrogen (secondary N) is 1. The molecule has 0 aromatic heterocycles. The molecule has 7 nitrogen and oxygen atoms in total. The Morgan fingerprint density at radius 3 is 2.53 bits per heavy atom. The molecule has 0 spiro atoms. The molecule has 1 amide bonds. The third-order valence-electron chi connectivity index (χ3n) is 4.41. The first-order valence-corrected chi connectivity index (χ1v) is 10.8. The molecule has 30 heavy (non-hydrogen) atoms. The zero-order valence-electron chi connectivity index (χ0n) is 16.8. The van der Waals surface area contributed by atoms with E-state index < -0.39 is 15.9 Å². The van der Waals surface area contributed by atoms with Crippen molar-refractivity contribution in [3.8, 4) is 5.75 Å². The van der Waals surface area contributed by atoms with Crippen molar-refractivity contribution in [3.63, 3.8) is 0 Å². The number of hydrogen-bond acceptors (Lipinski definition) is 5. The number of amides is 1. The molecule has 0 aliphatic carbocycles. The Morgan fingerprint density at radius 2 is 1.77 bits per heavy atom. The first-order valence-electron chi connectivity index (χ1n) is 9.40. The van der Waals surface area contributed by atoms with Crippen molar-refractivity contribution < 1.29 is 17.9 Å². The smallest absolute Gasteiger partial charge is 0.255 e. The topological polar surface area (TPSA) is 88.1 Å². The van der Waals surface area contributed by atoms with Crippen molar-refractivity contribution in [2.45, 2.75) is 11.8 Å². The average molecular weight is 426 g/mol. The van der Waals surface area contributed by atoms with Crippen LogP contribution in [0, 0.1) is 0 Å². The lowest BCUT2D eigenvalue weighted by Gasteiger charge is -2.16. The number of ether oxygens (including phenoxy) is 1. The molecule has 0 radical (unpaired) electrons. The minimum atomic E-state index is -3.82. The molecule has 0 saturated heterocycles. The third-order valence-corrected chi connectivity index (χ3v) is 6.21. The fourth-order valence-electron chi connectivity index (χ4n) is 2.88. The van der Waals surface area contributed by atoms with E-state index in [0.29, 0.717) is 17.9 Å². The Bertz CT molecular complexity index is 1180. The summed E-state index contributed by atoms with van der Waals surface area (Å²) in [4.78, 5) is 12.3. The molecule has 0 atom stereocenters. The fraction of sp³-hybridized carbons (Fsp3) is 0.182. The molecule has 3 aromatic carbocycles. The zero-order chi connectivity index (χ0) is 21.6. The summed E-state index contributed by atoms with van der Waals surface area (Å²) in [5.41, 5.74) is 3.06. The van der Waals surface area contributed by atoms with Gasteiger partial charge in [0, 0.05) is 12.6 Å². The van der Waals surface area contributed by atoms with E-state index in [-0.39, 0.29) is 11.4 Å². The summed E-state index contributed by atoms with van der Waals surface area (Å²) in [5, 5.41) is 5.66. The highest BCUT2D eigenvalue weighted by molar-refractivity contribution is 7.89. The zero-order valence-corrected chi connectivity index (χ0v) is 17.6. The lowest BCUT2D eigenvalue weighted by molar-refractivity contribution is -0.121. The van der Waals surface area contributed by atoms with Gasteiger partial charge in [0.25, 0.3) is 5.91 Å². The monoisotopic (exact) mass is 425 g/mol. The van der Waals surface area contributed by atoms with Crippen molar-refractivity contribution in [2.24, 2.45) is 5.10 Å². The van der Waals surface area contributed by atoms with Crippen molar-refractivity contribution in [3.05, 3.63) is 72.3 Å². The van der Waals surface area contributed by atoms with Crippen molar-refractivity contribution in [1.29, 1.82) is 0 Å². The van der Waals surface area contributed by atoms with Gasteiger partial charge in [0.2, 0.25) is 10.0 Å². The molecule has 0 aliphatic rings. The number of hydrogen-bond donors (Lipinski definition) is 1. The molecule has 0 saturated carbocycles. The van der Waals surface area contributed by atoms with Crippen LogP contribution in [0.15, 0.2) is 76.7 Å². The molecule has 0 heterocycles. The van der Waals surface area contributed by atoms with Crippen LogP contribution in [0.2, 0.25) is 0 Å². The number of sulfonamides is 1. The van der Waals surface area contributed by atoms with E-state index in [2.05, 4.69) is 10.5 Å². The van der Waals surface area contributed by atoms with Gasteiger partial charge in [-0.2, -0.15) is 9.41 Å². The van der Waals surface area contributed by atoms with Gasteiger partial charge in [0.1, 0.15) is 5.75 Å². The van der Waals surface area contributed by atoms with Gasteiger partial charge in [0.05, 0.1) is 24.3 Å². The first-order chi connectivity index (χ1) is 14.4. The van der Waals surface area contributed by atoms with E-state index in [1.807, 2.05) is 43.3 Å². The van der Waals surface area contributed by atoms with Crippen LogP contribution in [-0.2, 0) is 14.8 Å². The van der Waals surface area contributed by atoms with Crippen LogP contribution in [0.4, 0.5) is 0 Å². The summed E-state index contributed by atoms with van der Waals surface area (Å²) in [5.74, 6) is 0.0982. The molecule has 0 bridgehead atoms. The number of carbonyl (C=O) groups is 1. The van der Waals surface area contributed by atoms with E-state index in [1.165, 1.54) is 19.3 Å². The second-order valence-electron chi connectivity index (χ2n) is 6.53.